The number of fused-ring (bicyclic) bond motifs is 1. The minimum atomic E-state index is 0.0954. The number of nitrogens with one attached hydrogen (secondary N) is 1. The van der Waals surface area contributed by atoms with Gasteiger partial charge in [0.2, 0.25) is 5.91 Å². The molecule has 0 unspecified atom stereocenters. The Bertz CT molecular complexity index is 778. The van der Waals surface area contributed by atoms with E-state index in [1.54, 1.807) is 11.8 Å². The molecule has 0 fully saturated rings. The molecule has 0 aliphatic rings. The summed E-state index contributed by atoms with van der Waals surface area (Å²) in [5, 5.41) is 2.97. The number of thioether (sulfide) groups is 1. The first-order valence-corrected chi connectivity index (χ1v) is 9.19. The van der Waals surface area contributed by atoms with Crippen molar-refractivity contribution in [3.63, 3.8) is 0 Å². The number of hydrogen-bond acceptors (Lipinski definition) is 3. The summed E-state index contributed by atoms with van der Waals surface area (Å²) in [6.45, 7) is 2.65. The highest BCUT2D eigenvalue weighted by Crippen LogP contribution is 2.13. The number of aromatic nitrogens is 2. The van der Waals surface area contributed by atoms with Gasteiger partial charge in [-0.1, -0.05) is 35.9 Å². The molecule has 3 aromatic rings. The zero-order valence-corrected chi connectivity index (χ0v) is 14.6. The van der Waals surface area contributed by atoms with Crippen LogP contribution in [0.25, 0.3) is 5.65 Å². The molecular weight excluding hydrogens is 318 g/mol. The molecule has 124 valence electrons. The lowest BCUT2D eigenvalue weighted by molar-refractivity contribution is -0.120. The Morgan fingerprint density at radius 1 is 1.21 bits per heavy atom. The number of rotatable bonds is 7. The van der Waals surface area contributed by atoms with Gasteiger partial charge in [-0.15, -0.1) is 0 Å². The first-order valence-electron chi connectivity index (χ1n) is 8.03. The Balaban J connectivity index is 1.36. The van der Waals surface area contributed by atoms with E-state index in [2.05, 4.69) is 29.4 Å². The van der Waals surface area contributed by atoms with E-state index in [4.69, 9.17) is 0 Å². The highest BCUT2D eigenvalue weighted by atomic mass is 32.2. The molecule has 1 amide bonds. The number of benzene rings is 1. The predicted molar refractivity (Wildman–Crippen MR) is 99.0 cm³/mol. The summed E-state index contributed by atoms with van der Waals surface area (Å²) >= 11 is 1.74. The maximum atomic E-state index is 11.9. The van der Waals surface area contributed by atoms with Crippen molar-refractivity contribution in [1.29, 1.82) is 0 Å². The molecule has 1 N–H and O–H groups in total. The van der Waals surface area contributed by atoms with Crippen molar-refractivity contribution in [1.82, 2.24) is 14.7 Å². The van der Waals surface area contributed by atoms with E-state index in [-0.39, 0.29) is 5.91 Å². The van der Waals surface area contributed by atoms with Gasteiger partial charge in [0.15, 0.2) is 0 Å². The maximum Gasteiger partial charge on any atom is 0.221 e. The third kappa shape index (κ3) is 4.61. The second-order valence-electron chi connectivity index (χ2n) is 5.76. The highest BCUT2D eigenvalue weighted by molar-refractivity contribution is 7.98. The minimum absolute atomic E-state index is 0.0954. The van der Waals surface area contributed by atoms with Crippen molar-refractivity contribution in [2.45, 2.75) is 25.6 Å². The van der Waals surface area contributed by atoms with E-state index in [0.29, 0.717) is 13.0 Å². The predicted octanol–water partition coefficient (Wildman–Crippen LogP) is 3.58. The Morgan fingerprint density at radius 3 is 2.83 bits per heavy atom. The molecule has 5 heteroatoms. The van der Waals surface area contributed by atoms with Crippen LogP contribution < -0.4 is 5.32 Å². The van der Waals surface area contributed by atoms with Gasteiger partial charge in [-0.3, -0.25) is 4.79 Å². The van der Waals surface area contributed by atoms with Crippen LogP contribution in [0, 0.1) is 6.92 Å². The van der Waals surface area contributed by atoms with Gasteiger partial charge in [0, 0.05) is 36.9 Å². The summed E-state index contributed by atoms with van der Waals surface area (Å²) in [5.74, 6) is 1.72. The van der Waals surface area contributed by atoms with Crippen LogP contribution in [-0.2, 0) is 17.1 Å². The highest BCUT2D eigenvalue weighted by Gasteiger charge is 2.04. The van der Waals surface area contributed by atoms with E-state index >= 15 is 0 Å². The standard InChI is InChI=1S/C19H21N3OS/c1-15-5-7-16(8-6-15)12-20-19(23)9-11-24-14-17-13-22-10-3-2-4-18(22)21-17/h2-8,10,13H,9,11-12,14H2,1H3,(H,20,23). The number of carbonyl (C=O) groups excluding carboxylic acids is 1. The molecule has 0 bridgehead atoms. The monoisotopic (exact) mass is 339 g/mol. The van der Waals surface area contributed by atoms with E-state index in [1.807, 2.05) is 47.1 Å². The van der Waals surface area contributed by atoms with Crippen molar-refractivity contribution >= 4 is 23.3 Å². The molecule has 24 heavy (non-hydrogen) atoms. The first-order chi connectivity index (χ1) is 11.7. The second kappa shape index (κ2) is 8.02. The lowest BCUT2D eigenvalue weighted by Gasteiger charge is -2.05. The largest absolute Gasteiger partial charge is 0.352 e. The molecule has 2 aromatic heterocycles. The molecule has 0 spiro atoms. The van der Waals surface area contributed by atoms with Gasteiger partial charge >= 0.3 is 0 Å². The Morgan fingerprint density at radius 2 is 2.04 bits per heavy atom. The van der Waals surface area contributed by atoms with Crippen LogP contribution >= 0.6 is 11.8 Å². The number of imidazole rings is 1. The Labute approximate surface area is 146 Å². The van der Waals surface area contributed by atoms with Gasteiger partial charge in [-0.2, -0.15) is 11.8 Å². The zero-order valence-electron chi connectivity index (χ0n) is 13.7. The normalized spacial score (nSPS) is 10.9. The third-order valence-corrected chi connectivity index (χ3v) is 4.74. The number of nitrogens with zero attached hydrogens (tertiary/aromatic N) is 2. The Kier molecular flexibility index (Phi) is 5.54. The van der Waals surface area contributed by atoms with Crippen molar-refractivity contribution in [2.75, 3.05) is 5.75 Å². The molecular formula is C19H21N3OS. The molecule has 1 aromatic carbocycles. The maximum absolute atomic E-state index is 11.9. The average molecular weight is 339 g/mol. The SMILES string of the molecule is Cc1ccc(CNC(=O)CCSCc2cn3ccccc3n2)cc1. The molecule has 0 saturated carbocycles. The number of aryl methyl sites for hydroxylation is 1. The summed E-state index contributed by atoms with van der Waals surface area (Å²) in [4.78, 5) is 16.4. The molecule has 0 atom stereocenters. The molecule has 2 heterocycles. The van der Waals surface area contributed by atoms with Crippen molar-refractivity contribution < 1.29 is 4.79 Å². The van der Waals surface area contributed by atoms with Crippen LogP contribution in [0.1, 0.15) is 23.2 Å². The fraction of sp³-hybridized carbons (Fsp3) is 0.263. The van der Waals surface area contributed by atoms with Crippen LogP contribution in [0.2, 0.25) is 0 Å². The summed E-state index contributed by atoms with van der Waals surface area (Å²) in [5.41, 5.74) is 4.37. The quantitative estimate of drug-likeness (QED) is 0.669. The van der Waals surface area contributed by atoms with Crippen LogP contribution in [0.15, 0.2) is 54.9 Å². The van der Waals surface area contributed by atoms with Gasteiger partial charge in [0.05, 0.1) is 5.69 Å². The van der Waals surface area contributed by atoms with Crippen LogP contribution in [0.5, 0.6) is 0 Å². The smallest absolute Gasteiger partial charge is 0.221 e. The van der Waals surface area contributed by atoms with Crippen LogP contribution in [0.4, 0.5) is 0 Å². The third-order valence-electron chi connectivity index (χ3n) is 3.75. The van der Waals surface area contributed by atoms with Crippen LogP contribution in [0.3, 0.4) is 0 Å². The molecule has 0 saturated heterocycles. The van der Waals surface area contributed by atoms with Gasteiger partial charge in [0.25, 0.3) is 0 Å². The number of amides is 1. The minimum Gasteiger partial charge on any atom is -0.352 e. The van der Waals surface area contributed by atoms with Crippen LogP contribution in [-0.4, -0.2) is 21.0 Å². The summed E-state index contributed by atoms with van der Waals surface area (Å²) in [7, 11) is 0. The molecule has 4 nitrogen and oxygen atoms in total. The summed E-state index contributed by atoms with van der Waals surface area (Å²) < 4.78 is 2.02. The number of carbonyl (C=O) groups is 1. The molecule has 3 rings (SSSR count). The zero-order chi connectivity index (χ0) is 16.8. The topological polar surface area (TPSA) is 46.4 Å². The average Bonchev–Trinajstić information content (AvgIpc) is 3.01. The van der Waals surface area contributed by atoms with E-state index in [0.717, 1.165) is 28.4 Å². The van der Waals surface area contributed by atoms with Gasteiger partial charge in [0.1, 0.15) is 5.65 Å². The van der Waals surface area contributed by atoms with Crippen molar-refractivity contribution in [2.24, 2.45) is 0 Å². The van der Waals surface area contributed by atoms with E-state index in [1.165, 1.54) is 5.56 Å². The lowest BCUT2D eigenvalue weighted by Crippen LogP contribution is -2.22. The second-order valence-corrected chi connectivity index (χ2v) is 6.87. The lowest BCUT2D eigenvalue weighted by atomic mass is 10.1. The summed E-state index contributed by atoms with van der Waals surface area (Å²) in [6, 6.07) is 14.2. The van der Waals surface area contributed by atoms with E-state index < -0.39 is 0 Å². The first kappa shape index (κ1) is 16.6. The van der Waals surface area contributed by atoms with Gasteiger partial charge < -0.3 is 9.72 Å². The Hall–Kier alpha value is -2.27. The fourth-order valence-electron chi connectivity index (χ4n) is 2.39. The summed E-state index contributed by atoms with van der Waals surface area (Å²) in [6.07, 6.45) is 4.57. The van der Waals surface area contributed by atoms with Crippen molar-refractivity contribution in [3.8, 4) is 0 Å². The van der Waals surface area contributed by atoms with Gasteiger partial charge in [-0.05, 0) is 24.6 Å². The van der Waals surface area contributed by atoms with Crippen molar-refractivity contribution in [3.05, 3.63) is 71.7 Å². The molecule has 0 aliphatic carbocycles. The molecule has 0 aliphatic heterocycles. The number of pyridine rings is 1. The molecule has 0 radical (unpaired) electrons. The number of hydrogen-bond donors (Lipinski definition) is 1. The van der Waals surface area contributed by atoms with E-state index in [9.17, 15) is 4.79 Å². The van der Waals surface area contributed by atoms with Gasteiger partial charge in [-0.25, -0.2) is 4.98 Å². The fourth-order valence-corrected chi connectivity index (χ4v) is 3.22.